The second-order valence-electron chi connectivity index (χ2n) is 4.97. The number of esters is 1. The molecule has 0 saturated carbocycles. The third-order valence-corrected chi connectivity index (χ3v) is 3.17. The molecule has 0 aliphatic rings. The molecule has 0 atom stereocenters. The van der Waals surface area contributed by atoms with Gasteiger partial charge in [-0.05, 0) is 31.2 Å². The van der Waals surface area contributed by atoms with Crippen LogP contribution in [0.15, 0.2) is 30.5 Å². The second kappa shape index (κ2) is 7.69. The van der Waals surface area contributed by atoms with Crippen LogP contribution in [-0.4, -0.2) is 28.3 Å². The lowest BCUT2D eigenvalue weighted by atomic mass is 10.2. The van der Waals surface area contributed by atoms with Gasteiger partial charge >= 0.3 is 12.1 Å². The Morgan fingerprint density at radius 1 is 1.31 bits per heavy atom. The SMILES string of the molecule is CCOC(=O)c1cnn(-c2ccc(NC(=O)CC#N)cc2)c1C(F)(F)F. The van der Waals surface area contributed by atoms with E-state index in [0.29, 0.717) is 10.4 Å². The summed E-state index contributed by atoms with van der Waals surface area (Å²) in [5, 5.41) is 14.5. The summed E-state index contributed by atoms with van der Waals surface area (Å²) in [6, 6.07) is 6.97. The zero-order valence-corrected chi connectivity index (χ0v) is 13.5. The smallest absolute Gasteiger partial charge is 0.434 e. The van der Waals surface area contributed by atoms with Gasteiger partial charge in [-0.1, -0.05) is 0 Å². The Morgan fingerprint density at radius 3 is 2.50 bits per heavy atom. The average molecular weight is 366 g/mol. The summed E-state index contributed by atoms with van der Waals surface area (Å²) in [4.78, 5) is 23.1. The number of hydrogen-bond acceptors (Lipinski definition) is 5. The fourth-order valence-electron chi connectivity index (χ4n) is 2.14. The van der Waals surface area contributed by atoms with E-state index in [1.54, 1.807) is 6.07 Å². The number of benzene rings is 1. The standard InChI is InChI=1S/C16H13F3N4O3/c1-2-26-15(25)12-9-21-23(14(12)16(17,18)19)11-5-3-10(4-6-11)22-13(24)7-8-20/h3-6,9H,2,7H2,1H3,(H,22,24). The summed E-state index contributed by atoms with van der Waals surface area (Å²) >= 11 is 0. The summed E-state index contributed by atoms with van der Waals surface area (Å²) in [6.07, 6.45) is -4.39. The van der Waals surface area contributed by atoms with Crippen molar-refractivity contribution in [1.29, 1.82) is 5.26 Å². The number of carbonyl (C=O) groups excluding carboxylic acids is 2. The van der Waals surface area contributed by atoms with E-state index in [1.165, 1.54) is 31.2 Å². The topological polar surface area (TPSA) is 97.0 Å². The first-order valence-corrected chi connectivity index (χ1v) is 7.37. The summed E-state index contributed by atoms with van der Waals surface area (Å²) in [5.41, 5.74) is -1.60. The summed E-state index contributed by atoms with van der Waals surface area (Å²) in [5.74, 6) is -1.66. The maximum absolute atomic E-state index is 13.4. The molecular weight excluding hydrogens is 353 g/mol. The van der Waals surface area contributed by atoms with Crippen molar-refractivity contribution in [2.24, 2.45) is 0 Å². The van der Waals surface area contributed by atoms with Gasteiger partial charge in [-0.25, -0.2) is 9.48 Å². The molecule has 10 heteroatoms. The molecule has 1 heterocycles. The van der Waals surface area contributed by atoms with Crippen LogP contribution in [0, 0.1) is 11.3 Å². The van der Waals surface area contributed by atoms with Gasteiger partial charge in [0, 0.05) is 5.69 Å². The van der Waals surface area contributed by atoms with Crippen molar-refractivity contribution in [2.45, 2.75) is 19.5 Å². The first-order valence-electron chi connectivity index (χ1n) is 7.37. The van der Waals surface area contributed by atoms with Crippen LogP contribution >= 0.6 is 0 Å². The van der Waals surface area contributed by atoms with Gasteiger partial charge < -0.3 is 10.1 Å². The Kier molecular flexibility index (Phi) is 5.61. The maximum atomic E-state index is 13.4. The van der Waals surface area contributed by atoms with Gasteiger partial charge in [0.25, 0.3) is 0 Å². The van der Waals surface area contributed by atoms with Crippen LogP contribution in [-0.2, 0) is 15.7 Å². The van der Waals surface area contributed by atoms with Crippen molar-refractivity contribution in [2.75, 3.05) is 11.9 Å². The van der Waals surface area contributed by atoms with Crippen LogP contribution < -0.4 is 5.32 Å². The van der Waals surface area contributed by atoms with E-state index in [4.69, 9.17) is 5.26 Å². The fourth-order valence-corrected chi connectivity index (χ4v) is 2.14. The third kappa shape index (κ3) is 4.18. The molecule has 0 spiro atoms. The molecule has 0 radical (unpaired) electrons. The molecule has 1 aromatic heterocycles. The lowest BCUT2D eigenvalue weighted by Gasteiger charge is -2.13. The van der Waals surface area contributed by atoms with Crippen molar-refractivity contribution in [3.63, 3.8) is 0 Å². The molecule has 0 bridgehead atoms. The molecule has 0 unspecified atom stereocenters. The number of carbonyl (C=O) groups is 2. The normalized spacial score (nSPS) is 10.9. The number of ether oxygens (including phenoxy) is 1. The maximum Gasteiger partial charge on any atom is 0.434 e. The van der Waals surface area contributed by atoms with Gasteiger partial charge in [0.05, 0.1) is 24.6 Å². The fraction of sp³-hybridized carbons (Fsp3) is 0.250. The summed E-state index contributed by atoms with van der Waals surface area (Å²) in [6.45, 7) is 1.41. The van der Waals surface area contributed by atoms with Crippen molar-refractivity contribution in [1.82, 2.24) is 9.78 Å². The number of halogens is 3. The van der Waals surface area contributed by atoms with E-state index in [9.17, 15) is 22.8 Å². The highest BCUT2D eigenvalue weighted by atomic mass is 19.4. The molecule has 136 valence electrons. The Labute approximate surface area is 146 Å². The van der Waals surface area contributed by atoms with Crippen LogP contribution in [0.5, 0.6) is 0 Å². The lowest BCUT2D eigenvalue weighted by molar-refractivity contribution is -0.143. The molecule has 2 rings (SSSR count). The van der Waals surface area contributed by atoms with Crippen LogP contribution in [0.4, 0.5) is 18.9 Å². The van der Waals surface area contributed by atoms with Crippen LogP contribution in [0.1, 0.15) is 29.4 Å². The number of nitrogens with one attached hydrogen (secondary N) is 1. The molecular formula is C16H13F3N4O3. The zero-order valence-electron chi connectivity index (χ0n) is 13.5. The van der Waals surface area contributed by atoms with Crippen molar-refractivity contribution < 1.29 is 27.5 Å². The highest BCUT2D eigenvalue weighted by Gasteiger charge is 2.41. The van der Waals surface area contributed by atoms with E-state index >= 15 is 0 Å². The molecule has 2 aromatic rings. The van der Waals surface area contributed by atoms with E-state index in [-0.39, 0.29) is 18.7 Å². The molecule has 0 aliphatic carbocycles. The first-order chi connectivity index (χ1) is 12.3. The highest BCUT2D eigenvalue weighted by Crippen LogP contribution is 2.34. The molecule has 0 saturated heterocycles. The molecule has 7 nitrogen and oxygen atoms in total. The van der Waals surface area contributed by atoms with E-state index < -0.39 is 29.3 Å². The number of hydrogen-bond donors (Lipinski definition) is 1. The van der Waals surface area contributed by atoms with E-state index in [0.717, 1.165) is 6.20 Å². The number of aromatic nitrogens is 2. The minimum Gasteiger partial charge on any atom is -0.462 e. The third-order valence-electron chi connectivity index (χ3n) is 3.17. The minimum atomic E-state index is -4.84. The average Bonchev–Trinajstić information content (AvgIpc) is 3.01. The molecule has 1 aromatic carbocycles. The van der Waals surface area contributed by atoms with E-state index in [2.05, 4.69) is 15.2 Å². The first kappa shape index (κ1) is 19.0. The van der Waals surface area contributed by atoms with Crippen molar-refractivity contribution >= 4 is 17.6 Å². The number of amides is 1. The second-order valence-corrected chi connectivity index (χ2v) is 4.97. The zero-order chi connectivity index (χ0) is 19.3. The van der Waals surface area contributed by atoms with E-state index in [1.807, 2.05) is 0 Å². The summed E-state index contributed by atoms with van der Waals surface area (Å²) < 4.78 is 45.4. The van der Waals surface area contributed by atoms with Gasteiger partial charge in [-0.15, -0.1) is 0 Å². The number of nitrogens with zero attached hydrogens (tertiary/aromatic N) is 3. The lowest BCUT2D eigenvalue weighted by Crippen LogP contribution is -2.18. The van der Waals surface area contributed by atoms with Crippen LogP contribution in [0.3, 0.4) is 0 Å². The Hall–Kier alpha value is -3.35. The molecule has 1 N–H and O–H groups in total. The molecule has 1 amide bonds. The number of rotatable bonds is 5. The van der Waals surface area contributed by atoms with Gasteiger partial charge in [0.2, 0.25) is 5.91 Å². The predicted octanol–water partition coefficient (Wildman–Crippen LogP) is 2.92. The van der Waals surface area contributed by atoms with Gasteiger partial charge in [-0.2, -0.15) is 23.5 Å². The largest absolute Gasteiger partial charge is 0.462 e. The predicted molar refractivity (Wildman–Crippen MR) is 83.4 cm³/mol. The highest BCUT2D eigenvalue weighted by molar-refractivity contribution is 5.92. The van der Waals surface area contributed by atoms with Crippen LogP contribution in [0.25, 0.3) is 5.69 Å². The van der Waals surface area contributed by atoms with Crippen molar-refractivity contribution in [3.8, 4) is 11.8 Å². The molecule has 0 fully saturated rings. The molecule has 26 heavy (non-hydrogen) atoms. The van der Waals surface area contributed by atoms with Gasteiger partial charge in [0.1, 0.15) is 12.0 Å². The molecule has 0 aliphatic heterocycles. The Balaban J connectivity index is 2.38. The van der Waals surface area contributed by atoms with Gasteiger partial charge in [-0.3, -0.25) is 4.79 Å². The summed E-state index contributed by atoms with van der Waals surface area (Å²) in [7, 11) is 0. The van der Waals surface area contributed by atoms with Crippen molar-refractivity contribution in [3.05, 3.63) is 41.7 Å². The monoisotopic (exact) mass is 366 g/mol. The quantitative estimate of drug-likeness (QED) is 0.821. The number of anilines is 1. The minimum absolute atomic E-state index is 0.0335. The number of nitriles is 1. The number of alkyl halides is 3. The van der Waals surface area contributed by atoms with Crippen LogP contribution in [0.2, 0.25) is 0 Å². The Bertz CT molecular complexity index is 851. The van der Waals surface area contributed by atoms with Gasteiger partial charge in [0.15, 0.2) is 5.69 Å². The Morgan fingerprint density at radius 2 is 1.96 bits per heavy atom.